The largest absolute Gasteiger partial charge is 0.379 e. The van der Waals surface area contributed by atoms with Crippen LogP contribution in [-0.2, 0) is 26.0 Å². The van der Waals surface area contributed by atoms with Gasteiger partial charge in [-0.1, -0.05) is 19.1 Å². The number of morpholine rings is 1. The Hall–Kier alpha value is -1.48. The zero-order chi connectivity index (χ0) is 20.7. The number of piperidine rings is 1. The summed E-state index contributed by atoms with van der Waals surface area (Å²) in [5.74, 6) is 0.858. The number of sulfonamides is 1. The number of ether oxygens (including phenoxy) is 1. The van der Waals surface area contributed by atoms with Crippen molar-refractivity contribution in [2.24, 2.45) is 5.92 Å². The van der Waals surface area contributed by atoms with Crippen LogP contribution in [-0.4, -0.2) is 76.0 Å². The molecule has 1 N–H and O–H groups in total. The van der Waals surface area contributed by atoms with Gasteiger partial charge in [0.15, 0.2) is 0 Å². The number of likely N-dealkylation sites (tertiary alicyclic amines) is 1. The summed E-state index contributed by atoms with van der Waals surface area (Å²) < 4.78 is 32.0. The number of carbonyl (C=O) groups is 1. The standard InChI is InChI=1S/C21H33N3O4S/c1-18-8-11-23(12-9-18)13-10-22-21(25)7-4-19-2-5-20(6-3-19)29(26,27)24-14-16-28-17-15-24/h2-3,5-6,18H,4,7-17H2,1H3,(H,22,25). The van der Waals surface area contributed by atoms with Gasteiger partial charge in [-0.05, 0) is 56.0 Å². The van der Waals surface area contributed by atoms with Gasteiger partial charge in [-0.3, -0.25) is 4.79 Å². The van der Waals surface area contributed by atoms with Crippen molar-refractivity contribution in [2.45, 2.75) is 37.5 Å². The summed E-state index contributed by atoms with van der Waals surface area (Å²) in [4.78, 5) is 14.8. The van der Waals surface area contributed by atoms with E-state index in [9.17, 15) is 13.2 Å². The fraction of sp³-hybridized carbons (Fsp3) is 0.667. The fourth-order valence-electron chi connectivity index (χ4n) is 3.75. The number of hydrogen-bond acceptors (Lipinski definition) is 5. The SMILES string of the molecule is CC1CCN(CCNC(=O)CCc2ccc(S(=O)(=O)N3CCOCC3)cc2)CC1. The van der Waals surface area contributed by atoms with Gasteiger partial charge in [0.25, 0.3) is 0 Å². The van der Waals surface area contributed by atoms with E-state index in [1.165, 1.54) is 17.1 Å². The second kappa shape index (κ2) is 10.5. The number of hydrogen-bond donors (Lipinski definition) is 1. The predicted octanol–water partition coefficient (Wildman–Crippen LogP) is 1.49. The summed E-state index contributed by atoms with van der Waals surface area (Å²) in [7, 11) is -3.47. The Balaban J connectivity index is 1.40. The van der Waals surface area contributed by atoms with E-state index < -0.39 is 10.0 Å². The normalized spacial score (nSPS) is 19.9. The zero-order valence-corrected chi connectivity index (χ0v) is 18.1. The first-order chi connectivity index (χ1) is 13.9. The van der Waals surface area contributed by atoms with E-state index in [2.05, 4.69) is 17.1 Å². The van der Waals surface area contributed by atoms with Crippen molar-refractivity contribution in [3.8, 4) is 0 Å². The molecule has 0 bridgehead atoms. The van der Waals surface area contributed by atoms with E-state index in [1.54, 1.807) is 24.3 Å². The Labute approximate surface area is 174 Å². The number of benzene rings is 1. The molecule has 29 heavy (non-hydrogen) atoms. The Morgan fingerprint density at radius 1 is 1.10 bits per heavy atom. The van der Waals surface area contributed by atoms with E-state index in [0.29, 0.717) is 50.6 Å². The highest BCUT2D eigenvalue weighted by atomic mass is 32.2. The Morgan fingerprint density at radius 2 is 1.76 bits per heavy atom. The van der Waals surface area contributed by atoms with E-state index >= 15 is 0 Å². The summed E-state index contributed by atoms with van der Waals surface area (Å²) >= 11 is 0. The fourth-order valence-corrected chi connectivity index (χ4v) is 5.16. The van der Waals surface area contributed by atoms with Crippen LogP contribution in [0.1, 0.15) is 31.7 Å². The van der Waals surface area contributed by atoms with Gasteiger partial charge in [-0.2, -0.15) is 4.31 Å². The van der Waals surface area contributed by atoms with Crippen molar-refractivity contribution < 1.29 is 17.9 Å². The van der Waals surface area contributed by atoms with Crippen molar-refractivity contribution in [3.63, 3.8) is 0 Å². The maximum Gasteiger partial charge on any atom is 0.243 e. The van der Waals surface area contributed by atoms with Crippen LogP contribution in [0.25, 0.3) is 0 Å². The summed E-state index contributed by atoms with van der Waals surface area (Å²) in [6, 6.07) is 6.87. The third kappa shape index (κ3) is 6.50. The lowest BCUT2D eigenvalue weighted by molar-refractivity contribution is -0.121. The first kappa shape index (κ1) is 22.2. The second-order valence-electron chi connectivity index (χ2n) is 8.03. The molecule has 0 spiro atoms. The average Bonchev–Trinajstić information content (AvgIpc) is 2.74. The lowest BCUT2D eigenvalue weighted by Crippen LogP contribution is -2.40. The summed E-state index contributed by atoms with van der Waals surface area (Å²) in [6.07, 6.45) is 3.49. The van der Waals surface area contributed by atoms with Gasteiger partial charge in [0.2, 0.25) is 15.9 Å². The molecule has 0 unspecified atom stereocenters. The quantitative estimate of drug-likeness (QED) is 0.685. The third-order valence-corrected chi connectivity index (χ3v) is 7.71. The Bertz CT molecular complexity index is 753. The minimum Gasteiger partial charge on any atom is -0.379 e. The number of aryl methyl sites for hydroxylation is 1. The molecular formula is C21H33N3O4S. The number of nitrogens with one attached hydrogen (secondary N) is 1. The molecule has 0 saturated carbocycles. The van der Waals surface area contributed by atoms with Gasteiger partial charge in [0.05, 0.1) is 18.1 Å². The predicted molar refractivity (Wildman–Crippen MR) is 112 cm³/mol. The molecule has 0 radical (unpaired) electrons. The van der Waals surface area contributed by atoms with E-state index in [0.717, 1.165) is 31.1 Å². The van der Waals surface area contributed by atoms with Crippen LogP contribution in [0.15, 0.2) is 29.2 Å². The maximum atomic E-state index is 12.6. The monoisotopic (exact) mass is 423 g/mol. The summed E-state index contributed by atoms with van der Waals surface area (Å²) in [5, 5.41) is 3.00. The van der Waals surface area contributed by atoms with Crippen molar-refractivity contribution in [3.05, 3.63) is 29.8 Å². The minimum atomic E-state index is -3.47. The topological polar surface area (TPSA) is 79.0 Å². The van der Waals surface area contributed by atoms with E-state index in [-0.39, 0.29) is 5.91 Å². The molecule has 2 saturated heterocycles. The van der Waals surface area contributed by atoms with Crippen LogP contribution in [0.3, 0.4) is 0 Å². The van der Waals surface area contributed by atoms with Gasteiger partial charge in [-0.25, -0.2) is 8.42 Å². The molecule has 1 aromatic carbocycles. The van der Waals surface area contributed by atoms with E-state index in [4.69, 9.17) is 4.74 Å². The Morgan fingerprint density at radius 3 is 2.41 bits per heavy atom. The summed E-state index contributed by atoms with van der Waals surface area (Å²) in [5.41, 5.74) is 0.964. The van der Waals surface area contributed by atoms with Gasteiger partial charge in [0, 0.05) is 32.6 Å². The highest BCUT2D eigenvalue weighted by molar-refractivity contribution is 7.89. The lowest BCUT2D eigenvalue weighted by Gasteiger charge is -2.30. The molecule has 2 aliphatic rings. The van der Waals surface area contributed by atoms with Gasteiger partial charge >= 0.3 is 0 Å². The molecule has 0 aromatic heterocycles. The van der Waals surface area contributed by atoms with Crippen LogP contribution in [0.2, 0.25) is 0 Å². The van der Waals surface area contributed by atoms with Crippen molar-refractivity contribution in [1.82, 2.24) is 14.5 Å². The number of carbonyl (C=O) groups excluding carboxylic acids is 1. The number of nitrogens with zero attached hydrogens (tertiary/aromatic N) is 2. The highest BCUT2D eigenvalue weighted by Crippen LogP contribution is 2.18. The third-order valence-electron chi connectivity index (χ3n) is 5.80. The van der Waals surface area contributed by atoms with Gasteiger partial charge in [0.1, 0.15) is 0 Å². The minimum absolute atomic E-state index is 0.0420. The molecular weight excluding hydrogens is 390 g/mol. The molecule has 2 fully saturated rings. The van der Waals surface area contributed by atoms with Crippen LogP contribution in [0.5, 0.6) is 0 Å². The molecule has 2 heterocycles. The highest BCUT2D eigenvalue weighted by Gasteiger charge is 2.26. The average molecular weight is 424 g/mol. The molecule has 8 heteroatoms. The number of rotatable bonds is 8. The second-order valence-corrected chi connectivity index (χ2v) is 9.97. The maximum absolute atomic E-state index is 12.6. The number of amides is 1. The molecule has 1 amide bonds. The van der Waals surface area contributed by atoms with Crippen LogP contribution in [0.4, 0.5) is 0 Å². The van der Waals surface area contributed by atoms with E-state index in [1.807, 2.05) is 0 Å². The molecule has 0 atom stereocenters. The zero-order valence-electron chi connectivity index (χ0n) is 17.3. The molecule has 2 aliphatic heterocycles. The van der Waals surface area contributed by atoms with Crippen molar-refractivity contribution >= 4 is 15.9 Å². The van der Waals surface area contributed by atoms with Crippen molar-refractivity contribution in [1.29, 1.82) is 0 Å². The van der Waals surface area contributed by atoms with Crippen LogP contribution in [0, 0.1) is 5.92 Å². The van der Waals surface area contributed by atoms with Crippen LogP contribution < -0.4 is 5.32 Å². The van der Waals surface area contributed by atoms with Crippen LogP contribution >= 0.6 is 0 Å². The lowest BCUT2D eigenvalue weighted by atomic mass is 9.99. The van der Waals surface area contributed by atoms with Crippen molar-refractivity contribution in [2.75, 3.05) is 52.5 Å². The Kier molecular flexibility index (Phi) is 8.06. The molecule has 7 nitrogen and oxygen atoms in total. The smallest absolute Gasteiger partial charge is 0.243 e. The van der Waals surface area contributed by atoms with Gasteiger partial charge < -0.3 is 15.0 Å². The first-order valence-electron chi connectivity index (χ1n) is 10.6. The molecule has 162 valence electrons. The van der Waals surface area contributed by atoms with Gasteiger partial charge in [-0.15, -0.1) is 0 Å². The molecule has 3 rings (SSSR count). The molecule has 1 aromatic rings. The molecule has 0 aliphatic carbocycles. The summed E-state index contributed by atoms with van der Waals surface area (Å²) in [6.45, 7) is 7.78. The first-order valence-corrected chi connectivity index (χ1v) is 12.0.